The number of carbonyl (C=O) groups is 3. The highest BCUT2D eigenvalue weighted by Crippen LogP contribution is 2.38. The normalized spacial score (nSPS) is 22.2. The Balaban J connectivity index is 1.55. The molecular formula is C22H19FN2O6S. The molecule has 3 N–H and O–H groups in total. The Morgan fingerprint density at radius 3 is 2.62 bits per heavy atom. The van der Waals surface area contributed by atoms with Crippen LogP contribution in [0.4, 0.5) is 4.39 Å². The monoisotopic (exact) mass is 458 g/mol. The average Bonchev–Trinajstić information content (AvgIpc) is 2.75. The molecule has 32 heavy (non-hydrogen) atoms. The van der Waals surface area contributed by atoms with Crippen molar-refractivity contribution in [2.75, 3.05) is 5.75 Å². The third-order valence-electron chi connectivity index (χ3n) is 5.38. The molecule has 2 amide bonds. The number of hydrogen-bond donors (Lipinski definition) is 3. The van der Waals surface area contributed by atoms with Gasteiger partial charge >= 0.3 is 5.97 Å². The maximum absolute atomic E-state index is 13.6. The molecule has 0 saturated carbocycles. The van der Waals surface area contributed by atoms with Gasteiger partial charge in [-0.25, -0.2) is 9.18 Å². The van der Waals surface area contributed by atoms with Gasteiger partial charge in [0.15, 0.2) is 6.04 Å². The van der Waals surface area contributed by atoms with Crippen molar-refractivity contribution in [2.24, 2.45) is 0 Å². The number of benzene rings is 2. The maximum atomic E-state index is 13.6. The summed E-state index contributed by atoms with van der Waals surface area (Å²) >= 11 is -1.70. The van der Waals surface area contributed by atoms with Gasteiger partial charge in [-0.2, -0.15) is 0 Å². The minimum absolute atomic E-state index is 0.0235. The number of carboxylic acid groups (broad SMARTS) is 1. The number of hydrogen-bond acceptors (Lipinski definition) is 5. The first-order chi connectivity index (χ1) is 15.3. The number of carbonyl (C=O) groups excluding carboxylic acids is 2. The van der Waals surface area contributed by atoms with Crippen molar-refractivity contribution in [3.05, 3.63) is 76.7 Å². The first kappa shape index (κ1) is 21.8. The van der Waals surface area contributed by atoms with E-state index in [0.717, 1.165) is 28.7 Å². The quantitative estimate of drug-likeness (QED) is 0.439. The van der Waals surface area contributed by atoms with Gasteiger partial charge in [0.25, 0.3) is 5.91 Å². The summed E-state index contributed by atoms with van der Waals surface area (Å²) in [6, 6.07) is 11.0. The van der Waals surface area contributed by atoms with Crippen molar-refractivity contribution in [3.8, 4) is 5.75 Å². The second-order valence-electron chi connectivity index (χ2n) is 7.54. The van der Waals surface area contributed by atoms with E-state index in [0.29, 0.717) is 0 Å². The first-order valence-electron chi connectivity index (χ1n) is 9.72. The van der Waals surface area contributed by atoms with Crippen molar-refractivity contribution >= 4 is 29.0 Å². The molecule has 8 nitrogen and oxygen atoms in total. The van der Waals surface area contributed by atoms with Gasteiger partial charge in [-0.15, -0.1) is 0 Å². The number of amides is 2. The fourth-order valence-electron chi connectivity index (χ4n) is 3.92. The molecule has 2 heterocycles. The highest BCUT2D eigenvalue weighted by Gasteiger charge is 2.60. The van der Waals surface area contributed by atoms with Crippen molar-refractivity contribution in [1.29, 1.82) is 0 Å². The van der Waals surface area contributed by atoms with E-state index in [1.807, 2.05) is 0 Å². The number of aliphatic carboxylic acids is 1. The first-order valence-corrected chi connectivity index (χ1v) is 11.1. The molecule has 2 aromatic carbocycles. The molecule has 0 aliphatic carbocycles. The van der Waals surface area contributed by atoms with Gasteiger partial charge < -0.3 is 20.1 Å². The van der Waals surface area contributed by atoms with Gasteiger partial charge in [0.05, 0.1) is 6.42 Å². The molecule has 2 aromatic rings. The zero-order chi connectivity index (χ0) is 23.0. The van der Waals surface area contributed by atoms with Crippen LogP contribution >= 0.6 is 0 Å². The molecule has 0 radical (unpaired) electrons. The Hall–Kier alpha value is -3.37. The minimum atomic E-state index is -1.70. The molecule has 10 heteroatoms. The number of rotatable bonds is 6. The van der Waals surface area contributed by atoms with E-state index in [1.54, 1.807) is 30.3 Å². The molecule has 0 aromatic heterocycles. The van der Waals surface area contributed by atoms with Gasteiger partial charge in [-0.05, 0) is 34.9 Å². The second kappa shape index (κ2) is 8.64. The van der Waals surface area contributed by atoms with Crippen LogP contribution in [0, 0.1) is 5.82 Å². The lowest BCUT2D eigenvalue weighted by atomic mass is 9.98. The van der Waals surface area contributed by atoms with Crippen LogP contribution in [-0.4, -0.2) is 54.6 Å². The number of β-lactam (4-membered cyclic amide) rings is 1. The third-order valence-corrected chi connectivity index (χ3v) is 7.03. The van der Waals surface area contributed by atoms with E-state index in [4.69, 9.17) is 0 Å². The topological polar surface area (TPSA) is 130 Å². The Morgan fingerprint density at radius 2 is 1.94 bits per heavy atom. The van der Waals surface area contributed by atoms with Gasteiger partial charge in [-0.1, -0.05) is 30.3 Å². The smallest absolute Gasteiger partial charge is 0.352 e. The van der Waals surface area contributed by atoms with Gasteiger partial charge in [-0.3, -0.25) is 14.5 Å². The summed E-state index contributed by atoms with van der Waals surface area (Å²) in [6.45, 7) is 0. The van der Waals surface area contributed by atoms with E-state index in [-0.39, 0.29) is 41.2 Å². The molecule has 1 fully saturated rings. The SMILES string of the molecule is O=C(Cc1ccccc1)NC1C(=O)N2C(C(=O)O)=C(Cc3cc(F)ccc3O)C[S+]([O-])[C@H]12. The summed E-state index contributed by atoms with van der Waals surface area (Å²) in [6.07, 6.45) is -0.159. The summed E-state index contributed by atoms with van der Waals surface area (Å²) in [4.78, 5) is 38.0. The standard InChI is InChI=1S/C22H19FN2O6S/c23-15-6-7-16(26)13(10-15)9-14-11-32(31)21-18(20(28)25(21)19(14)22(29)30)24-17(27)8-12-4-2-1-3-5-12/h1-7,10,18,21,26H,8-9,11H2,(H,24,27)(H,29,30)/t18?,21-,32?/m1/s1. The molecule has 2 aliphatic rings. The van der Waals surface area contributed by atoms with E-state index in [2.05, 4.69) is 5.32 Å². The van der Waals surface area contributed by atoms with Crippen LogP contribution in [0.1, 0.15) is 11.1 Å². The predicted molar refractivity (Wildman–Crippen MR) is 112 cm³/mol. The molecule has 3 atom stereocenters. The van der Waals surface area contributed by atoms with Crippen LogP contribution in [0.5, 0.6) is 5.75 Å². The number of phenolic OH excluding ortho intramolecular Hbond substituents is 1. The van der Waals surface area contributed by atoms with Crippen molar-refractivity contribution in [1.82, 2.24) is 10.2 Å². The van der Waals surface area contributed by atoms with E-state index in [9.17, 15) is 33.5 Å². The lowest BCUT2D eigenvalue weighted by Crippen LogP contribution is -2.74. The Morgan fingerprint density at radius 1 is 1.22 bits per heavy atom. The second-order valence-corrected chi connectivity index (χ2v) is 9.07. The predicted octanol–water partition coefficient (Wildman–Crippen LogP) is 1.07. The fourth-order valence-corrected chi connectivity index (χ4v) is 5.61. The van der Waals surface area contributed by atoms with E-state index in [1.165, 1.54) is 0 Å². The molecular weight excluding hydrogens is 439 g/mol. The van der Waals surface area contributed by atoms with Crippen molar-refractivity contribution < 1.29 is 33.5 Å². The Labute approximate surface area is 185 Å². The summed E-state index contributed by atoms with van der Waals surface area (Å²) in [5.41, 5.74) is 0.642. The third kappa shape index (κ3) is 4.06. The average molecular weight is 458 g/mol. The van der Waals surface area contributed by atoms with Gasteiger partial charge in [0, 0.05) is 17.6 Å². The summed E-state index contributed by atoms with van der Waals surface area (Å²) < 4.78 is 26.4. The molecule has 0 spiro atoms. The summed E-state index contributed by atoms with van der Waals surface area (Å²) in [5, 5.41) is 21.2. The van der Waals surface area contributed by atoms with Gasteiger partial charge in [0.2, 0.25) is 11.3 Å². The molecule has 0 bridgehead atoms. The Bertz CT molecular complexity index is 1120. The lowest BCUT2D eigenvalue weighted by Gasteiger charge is -2.49. The number of nitrogens with zero attached hydrogens (tertiary/aromatic N) is 1. The number of halogens is 1. The number of phenols is 1. The van der Waals surface area contributed by atoms with Crippen LogP contribution < -0.4 is 5.32 Å². The lowest BCUT2D eigenvalue weighted by molar-refractivity contribution is -0.151. The highest BCUT2D eigenvalue weighted by atomic mass is 32.2. The molecule has 2 unspecified atom stereocenters. The number of nitrogens with one attached hydrogen (secondary N) is 1. The number of aromatic hydroxyl groups is 1. The minimum Gasteiger partial charge on any atom is -0.614 e. The number of fused-ring (bicyclic) bond motifs is 1. The zero-order valence-corrected chi connectivity index (χ0v) is 17.5. The zero-order valence-electron chi connectivity index (χ0n) is 16.7. The van der Waals surface area contributed by atoms with Crippen molar-refractivity contribution in [3.63, 3.8) is 0 Å². The Kier molecular flexibility index (Phi) is 5.90. The van der Waals surface area contributed by atoms with E-state index < -0.39 is 46.2 Å². The van der Waals surface area contributed by atoms with Crippen LogP contribution in [0.3, 0.4) is 0 Å². The molecule has 1 saturated heterocycles. The fraction of sp³-hybridized carbons (Fsp3) is 0.227. The summed E-state index contributed by atoms with van der Waals surface area (Å²) in [7, 11) is 0. The van der Waals surface area contributed by atoms with Crippen LogP contribution in [0.2, 0.25) is 0 Å². The maximum Gasteiger partial charge on any atom is 0.352 e. The van der Waals surface area contributed by atoms with E-state index >= 15 is 0 Å². The molecule has 166 valence electrons. The largest absolute Gasteiger partial charge is 0.614 e. The van der Waals surface area contributed by atoms with Crippen molar-refractivity contribution in [2.45, 2.75) is 24.3 Å². The molecule has 2 aliphatic heterocycles. The van der Waals surface area contributed by atoms with Gasteiger partial charge in [0.1, 0.15) is 23.0 Å². The number of carboxylic acids is 1. The highest BCUT2D eigenvalue weighted by molar-refractivity contribution is 7.92. The van der Waals surface area contributed by atoms with Crippen LogP contribution in [0.25, 0.3) is 0 Å². The summed E-state index contributed by atoms with van der Waals surface area (Å²) in [5.74, 6) is -3.56. The van der Waals surface area contributed by atoms with Crippen LogP contribution in [-0.2, 0) is 38.4 Å². The molecule has 4 rings (SSSR count). The van der Waals surface area contributed by atoms with Crippen LogP contribution in [0.15, 0.2) is 59.8 Å².